The first kappa shape index (κ1) is 20.0. The molecule has 0 aromatic heterocycles. The van der Waals surface area contributed by atoms with E-state index in [1.54, 1.807) is 12.1 Å². The van der Waals surface area contributed by atoms with E-state index in [0.717, 1.165) is 11.1 Å². The number of aryl methyl sites for hydroxylation is 1. The predicted molar refractivity (Wildman–Crippen MR) is 102 cm³/mol. The van der Waals surface area contributed by atoms with E-state index in [-0.39, 0.29) is 29.1 Å². The summed E-state index contributed by atoms with van der Waals surface area (Å²) in [7, 11) is -3.51. The van der Waals surface area contributed by atoms with Crippen LogP contribution in [0.5, 0.6) is 5.75 Å². The van der Waals surface area contributed by atoms with Gasteiger partial charge in [0.15, 0.2) is 9.84 Å². The lowest BCUT2D eigenvalue weighted by atomic mass is 10.1. The highest BCUT2D eigenvalue weighted by atomic mass is 32.2. The van der Waals surface area contributed by atoms with E-state index in [1.807, 2.05) is 45.0 Å². The van der Waals surface area contributed by atoms with Gasteiger partial charge in [0, 0.05) is 13.0 Å². The second kappa shape index (κ2) is 8.85. The Morgan fingerprint density at radius 2 is 1.65 bits per heavy atom. The molecule has 0 saturated heterocycles. The van der Waals surface area contributed by atoms with Gasteiger partial charge < -0.3 is 10.1 Å². The van der Waals surface area contributed by atoms with Crippen molar-refractivity contribution in [3.8, 4) is 5.75 Å². The first-order valence-corrected chi connectivity index (χ1v) is 10.2. The van der Waals surface area contributed by atoms with Crippen LogP contribution in [0.3, 0.4) is 0 Å². The molecular formula is C20H25NO4S. The van der Waals surface area contributed by atoms with Gasteiger partial charge in [-0.05, 0) is 50.6 Å². The van der Waals surface area contributed by atoms with Crippen LogP contribution in [0.2, 0.25) is 0 Å². The fourth-order valence-corrected chi connectivity index (χ4v) is 3.58. The SMILES string of the molecule is Cc1ccc(CNC(=O)CCS(=O)(=O)c2ccc(OC(C)C)cc2)cc1. The zero-order valence-corrected chi connectivity index (χ0v) is 16.2. The summed E-state index contributed by atoms with van der Waals surface area (Å²) in [6.07, 6.45) is -0.0481. The van der Waals surface area contributed by atoms with Crippen LogP contribution in [-0.2, 0) is 21.2 Å². The number of amides is 1. The van der Waals surface area contributed by atoms with Gasteiger partial charge in [-0.15, -0.1) is 0 Å². The maximum Gasteiger partial charge on any atom is 0.221 e. The minimum Gasteiger partial charge on any atom is -0.491 e. The van der Waals surface area contributed by atoms with Crippen molar-refractivity contribution in [2.75, 3.05) is 5.75 Å². The minimum absolute atomic E-state index is 0.0229. The third-order valence-electron chi connectivity index (χ3n) is 3.76. The molecule has 6 heteroatoms. The number of hydrogen-bond donors (Lipinski definition) is 1. The topological polar surface area (TPSA) is 72.5 Å². The maximum absolute atomic E-state index is 12.4. The van der Waals surface area contributed by atoms with E-state index in [4.69, 9.17) is 4.74 Å². The summed E-state index contributed by atoms with van der Waals surface area (Å²) in [5.74, 6) is 0.112. The van der Waals surface area contributed by atoms with Gasteiger partial charge in [-0.1, -0.05) is 29.8 Å². The Labute approximate surface area is 155 Å². The van der Waals surface area contributed by atoms with Crippen LogP contribution in [0.4, 0.5) is 0 Å². The molecule has 0 atom stereocenters. The monoisotopic (exact) mass is 375 g/mol. The predicted octanol–water partition coefficient (Wildman–Crippen LogP) is 3.26. The number of carbonyl (C=O) groups is 1. The molecule has 140 valence electrons. The summed E-state index contributed by atoms with van der Waals surface area (Å²) < 4.78 is 30.2. The van der Waals surface area contributed by atoms with Crippen molar-refractivity contribution >= 4 is 15.7 Å². The normalized spacial score (nSPS) is 11.4. The lowest BCUT2D eigenvalue weighted by molar-refractivity contribution is -0.120. The van der Waals surface area contributed by atoms with Gasteiger partial charge in [-0.3, -0.25) is 4.79 Å². The second-order valence-corrected chi connectivity index (χ2v) is 8.58. The molecule has 26 heavy (non-hydrogen) atoms. The van der Waals surface area contributed by atoms with Crippen molar-refractivity contribution in [2.24, 2.45) is 0 Å². The Hall–Kier alpha value is -2.34. The van der Waals surface area contributed by atoms with Gasteiger partial charge in [0.2, 0.25) is 5.91 Å². The fraction of sp³-hybridized carbons (Fsp3) is 0.350. The Bertz CT molecular complexity index is 825. The lowest BCUT2D eigenvalue weighted by Crippen LogP contribution is -2.25. The number of nitrogens with one attached hydrogen (secondary N) is 1. The van der Waals surface area contributed by atoms with Crippen molar-refractivity contribution in [2.45, 2.75) is 44.7 Å². The van der Waals surface area contributed by atoms with Crippen molar-refractivity contribution in [3.05, 3.63) is 59.7 Å². The van der Waals surface area contributed by atoms with Crippen molar-refractivity contribution in [3.63, 3.8) is 0 Å². The molecule has 0 heterocycles. The molecule has 0 bridgehead atoms. The molecule has 0 aliphatic rings. The highest BCUT2D eigenvalue weighted by Gasteiger charge is 2.16. The molecule has 0 aliphatic heterocycles. The molecule has 1 amide bonds. The molecule has 0 radical (unpaired) electrons. The summed E-state index contributed by atoms with van der Waals surface area (Å²) in [6.45, 7) is 6.19. The highest BCUT2D eigenvalue weighted by molar-refractivity contribution is 7.91. The smallest absolute Gasteiger partial charge is 0.221 e. The van der Waals surface area contributed by atoms with Gasteiger partial charge >= 0.3 is 0 Å². The number of rotatable bonds is 8. The third-order valence-corrected chi connectivity index (χ3v) is 5.49. The molecule has 2 aromatic rings. The van der Waals surface area contributed by atoms with Crippen LogP contribution in [-0.4, -0.2) is 26.2 Å². The van der Waals surface area contributed by atoms with Gasteiger partial charge in [0.1, 0.15) is 5.75 Å². The average molecular weight is 375 g/mol. The number of ether oxygens (including phenoxy) is 1. The molecule has 0 unspecified atom stereocenters. The third kappa shape index (κ3) is 6.19. The van der Waals surface area contributed by atoms with E-state index in [1.165, 1.54) is 12.1 Å². The molecule has 1 N–H and O–H groups in total. The molecular weight excluding hydrogens is 350 g/mol. The van der Waals surface area contributed by atoms with Crippen LogP contribution >= 0.6 is 0 Å². The maximum atomic E-state index is 12.4. The molecule has 0 spiro atoms. The van der Waals surface area contributed by atoms with E-state index in [9.17, 15) is 13.2 Å². The van der Waals surface area contributed by atoms with Crippen molar-refractivity contribution < 1.29 is 17.9 Å². The van der Waals surface area contributed by atoms with Gasteiger partial charge in [-0.25, -0.2) is 8.42 Å². The van der Waals surface area contributed by atoms with Crippen LogP contribution < -0.4 is 10.1 Å². The summed E-state index contributed by atoms with van der Waals surface area (Å²) in [6, 6.07) is 14.1. The van der Waals surface area contributed by atoms with Gasteiger partial charge in [0.05, 0.1) is 16.8 Å². The quantitative estimate of drug-likeness (QED) is 0.769. The zero-order chi connectivity index (χ0) is 19.2. The number of benzene rings is 2. The van der Waals surface area contributed by atoms with Gasteiger partial charge in [-0.2, -0.15) is 0 Å². The largest absolute Gasteiger partial charge is 0.491 e. The van der Waals surface area contributed by atoms with E-state index in [0.29, 0.717) is 12.3 Å². The van der Waals surface area contributed by atoms with E-state index in [2.05, 4.69) is 5.32 Å². The Morgan fingerprint density at radius 1 is 1.04 bits per heavy atom. The molecule has 0 aliphatic carbocycles. The first-order chi connectivity index (χ1) is 12.3. The number of carbonyl (C=O) groups excluding carboxylic acids is 1. The van der Waals surface area contributed by atoms with Gasteiger partial charge in [0.25, 0.3) is 0 Å². The fourth-order valence-electron chi connectivity index (χ4n) is 2.34. The summed E-state index contributed by atoms with van der Waals surface area (Å²) >= 11 is 0. The Morgan fingerprint density at radius 3 is 2.23 bits per heavy atom. The summed E-state index contributed by atoms with van der Waals surface area (Å²) in [5, 5.41) is 2.75. The molecule has 0 saturated carbocycles. The molecule has 5 nitrogen and oxygen atoms in total. The lowest BCUT2D eigenvalue weighted by Gasteiger charge is -2.10. The van der Waals surface area contributed by atoms with Crippen LogP contribution in [0.25, 0.3) is 0 Å². The summed E-state index contributed by atoms with van der Waals surface area (Å²) in [5.41, 5.74) is 2.13. The summed E-state index contributed by atoms with van der Waals surface area (Å²) in [4.78, 5) is 12.1. The van der Waals surface area contributed by atoms with Crippen LogP contribution in [0, 0.1) is 6.92 Å². The zero-order valence-electron chi connectivity index (χ0n) is 15.4. The first-order valence-electron chi connectivity index (χ1n) is 8.58. The number of sulfone groups is 1. The van der Waals surface area contributed by atoms with E-state index >= 15 is 0 Å². The van der Waals surface area contributed by atoms with E-state index < -0.39 is 9.84 Å². The second-order valence-electron chi connectivity index (χ2n) is 6.47. The number of hydrogen-bond acceptors (Lipinski definition) is 4. The Balaban J connectivity index is 1.86. The van der Waals surface area contributed by atoms with Crippen molar-refractivity contribution in [1.29, 1.82) is 0 Å². The van der Waals surface area contributed by atoms with Crippen LogP contribution in [0.15, 0.2) is 53.4 Å². The Kier molecular flexibility index (Phi) is 6.80. The van der Waals surface area contributed by atoms with Crippen LogP contribution in [0.1, 0.15) is 31.4 Å². The standard InChI is InChI=1S/C20H25NO4S/c1-15(2)25-18-8-10-19(11-9-18)26(23,24)13-12-20(22)21-14-17-6-4-16(3)5-7-17/h4-11,15H,12-14H2,1-3H3,(H,21,22). The highest BCUT2D eigenvalue weighted by Crippen LogP contribution is 2.18. The average Bonchev–Trinajstić information content (AvgIpc) is 2.59. The molecule has 2 rings (SSSR count). The molecule has 0 fully saturated rings. The van der Waals surface area contributed by atoms with Crippen molar-refractivity contribution in [1.82, 2.24) is 5.32 Å². The minimum atomic E-state index is -3.51. The molecule has 2 aromatic carbocycles.